The molecule has 0 saturated carbocycles. The number of carbonyl (C=O) groups excluding carboxylic acids is 3. The zero-order valence-electron chi connectivity index (χ0n) is 17.7. The molecule has 9 heteroatoms. The van der Waals surface area contributed by atoms with E-state index in [9.17, 15) is 23.2 Å². The summed E-state index contributed by atoms with van der Waals surface area (Å²) in [6.45, 7) is -0.382. The SMILES string of the molecule is O=C(CN1C(=O)S/C(=C\c2ccc(OCc3ccccc3F)cc2)C1=O)Nc1ccc(F)cc1. The molecule has 6 nitrogen and oxygen atoms in total. The van der Waals surface area contributed by atoms with Crippen molar-refractivity contribution < 1.29 is 27.9 Å². The molecule has 1 aliphatic heterocycles. The average Bonchev–Trinajstić information content (AvgIpc) is 3.08. The van der Waals surface area contributed by atoms with Crippen LogP contribution in [0.2, 0.25) is 0 Å². The van der Waals surface area contributed by atoms with E-state index in [2.05, 4.69) is 5.32 Å². The second-order valence-electron chi connectivity index (χ2n) is 7.27. The van der Waals surface area contributed by atoms with Gasteiger partial charge in [-0.05, 0) is 65.9 Å². The monoisotopic (exact) mass is 480 g/mol. The Morgan fingerprint density at radius 3 is 2.38 bits per heavy atom. The van der Waals surface area contributed by atoms with Crippen molar-refractivity contribution in [2.24, 2.45) is 0 Å². The van der Waals surface area contributed by atoms with Gasteiger partial charge in [-0.25, -0.2) is 8.78 Å². The third kappa shape index (κ3) is 5.68. The van der Waals surface area contributed by atoms with Gasteiger partial charge in [-0.2, -0.15) is 0 Å². The fourth-order valence-electron chi connectivity index (χ4n) is 3.10. The predicted molar refractivity (Wildman–Crippen MR) is 125 cm³/mol. The van der Waals surface area contributed by atoms with Gasteiger partial charge in [-0.15, -0.1) is 0 Å². The number of nitrogens with one attached hydrogen (secondary N) is 1. The Balaban J connectivity index is 1.36. The smallest absolute Gasteiger partial charge is 0.294 e. The number of thioether (sulfide) groups is 1. The van der Waals surface area contributed by atoms with Crippen LogP contribution in [0.1, 0.15) is 11.1 Å². The number of amides is 3. The molecule has 3 amide bonds. The Labute approximate surface area is 198 Å². The zero-order chi connectivity index (χ0) is 24.1. The van der Waals surface area contributed by atoms with E-state index >= 15 is 0 Å². The van der Waals surface area contributed by atoms with Crippen LogP contribution in [0.25, 0.3) is 6.08 Å². The van der Waals surface area contributed by atoms with Crippen LogP contribution < -0.4 is 10.1 Å². The molecule has 1 fully saturated rings. The van der Waals surface area contributed by atoms with Crippen molar-refractivity contribution >= 4 is 40.6 Å². The van der Waals surface area contributed by atoms with Gasteiger partial charge < -0.3 is 10.1 Å². The number of hydrogen-bond acceptors (Lipinski definition) is 5. The van der Waals surface area contributed by atoms with E-state index in [1.807, 2.05) is 0 Å². The van der Waals surface area contributed by atoms with Gasteiger partial charge in [-0.3, -0.25) is 19.3 Å². The standard InChI is InChI=1S/C25H18F2N2O4S/c26-18-7-9-19(10-8-18)28-23(30)14-29-24(31)22(34-25(29)32)13-16-5-11-20(12-6-16)33-15-17-3-1-2-4-21(17)27/h1-13H,14-15H2,(H,28,30)/b22-13-. The van der Waals surface area contributed by atoms with Gasteiger partial charge in [0, 0.05) is 11.3 Å². The van der Waals surface area contributed by atoms with Crippen molar-refractivity contribution in [2.45, 2.75) is 6.61 Å². The van der Waals surface area contributed by atoms with Crippen LogP contribution in [0, 0.1) is 11.6 Å². The first kappa shape index (κ1) is 23.2. The van der Waals surface area contributed by atoms with Gasteiger partial charge in [0.2, 0.25) is 5.91 Å². The fraction of sp³-hybridized carbons (Fsp3) is 0.0800. The minimum Gasteiger partial charge on any atom is -0.489 e. The molecule has 1 aliphatic rings. The van der Waals surface area contributed by atoms with Gasteiger partial charge in [0.1, 0.15) is 30.5 Å². The summed E-state index contributed by atoms with van der Waals surface area (Å²) in [4.78, 5) is 38.1. The topological polar surface area (TPSA) is 75.7 Å². The first-order valence-electron chi connectivity index (χ1n) is 10.2. The van der Waals surface area contributed by atoms with E-state index in [0.29, 0.717) is 22.6 Å². The summed E-state index contributed by atoms with van der Waals surface area (Å²) in [6, 6.07) is 18.2. The Morgan fingerprint density at radius 1 is 0.971 bits per heavy atom. The molecule has 0 aliphatic carbocycles. The first-order valence-corrected chi connectivity index (χ1v) is 11.0. The summed E-state index contributed by atoms with van der Waals surface area (Å²) in [6.07, 6.45) is 1.55. The average molecular weight is 480 g/mol. The van der Waals surface area contributed by atoms with Crippen LogP contribution in [0.5, 0.6) is 5.75 Å². The number of benzene rings is 3. The van der Waals surface area contributed by atoms with Gasteiger partial charge in [0.25, 0.3) is 11.1 Å². The third-order valence-corrected chi connectivity index (χ3v) is 5.74. The van der Waals surface area contributed by atoms with E-state index in [-0.39, 0.29) is 17.3 Å². The molecule has 0 aromatic heterocycles. The summed E-state index contributed by atoms with van der Waals surface area (Å²) in [5.74, 6) is -1.43. The number of halogens is 2. The zero-order valence-corrected chi connectivity index (χ0v) is 18.5. The molecule has 0 spiro atoms. The highest BCUT2D eigenvalue weighted by atomic mass is 32.2. The van der Waals surface area contributed by atoms with Crippen molar-refractivity contribution in [1.82, 2.24) is 4.90 Å². The molecule has 34 heavy (non-hydrogen) atoms. The minimum absolute atomic E-state index is 0.0743. The molecule has 0 atom stereocenters. The van der Waals surface area contributed by atoms with Gasteiger partial charge in [0.05, 0.1) is 4.91 Å². The number of imide groups is 1. The normalized spacial score (nSPS) is 14.5. The van der Waals surface area contributed by atoms with Crippen molar-refractivity contribution in [1.29, 1.82) is 0 Å². The quantitative estimate of drug-likeness (QED) is 0.470. The second-order valence-corrected chi connectivity index (χ2v) is 8.27. The van der Waals surface area contributed by atoms with Crippen molar-refractivity contribution in [3.05, 3.63) is 100 Å². The highest BCUT2D eigenvalue weighted by molar-refractivity contribution is 8.18. The first-order chi connectivity index (χ1) is 16.4. The lowest BCUT2D eigenvalue weighted by Crippen LogP contribution is -2.36. The van der Waals surface area contributed by atoms with Crippen molar-refractivity contribution in [3.63, 3.8) is 0 Å². The maximum Gasteiger partial charge on any atom is 0.294 e. The summed E-state index contributed by atoms with van der Waals surface area (Å²) in [5, 5.41) is 1.96. The molecule has 0 unspecified atom stereocenters. The molecule has 3 aromatic carbocycles. The van der Waals surface area contributed by atoms with Gasteiger partial charge >= 0.3 is 0 Å². The number of ether oxygens (including phenoxy) is 1. The highest BCUT2D eigenvalue weighted by Gasteiger charge is 2.36. The molecule has 172 valence electrons. The number of carbonyl (C=O) groups is 3. The van der Waals surface area contributed by atoms with E-state index in [0.717, 1.165) is 16.7 Å². The Kier molecular flexibility index (Phi) is 7.03. The molecule has 0 radical (unpaired) electrons. The molecule has 1 N–H and O–H groups in total. The minimum atomic E-state index is -0.580. The summed E-state index contributed by atoms with van der Waals surface area (Å²) >= 11 is 0.736. The molecular weight excluding hydrogens is 462 g/mol. The maximum absolute atomic E-state index is 13.7. The Morgan fingerprint density at radius 2 is 1.68 bits per heavy atom. The van der Waals surface area contributed by atoms with Crippen LogP contribution in [-0.2, 0) is 16.2 Å². The third-order valence-electron chi connectivity index (χ3n) is 4.83. The highest BCUT2D eigenvalue weighted by Crippen LogP contribution is 2.32. The van der Waals surface area contributed by atoms with E-state index in [1.165, 1.54) is 30.3 Å². The van der Waals surface area contributed by atoms with E-state index in [4.69, 9.17) is 4.74 Å². The van der Waals surface area contributed by atoms with Crippen LogP contribution in [0.15, 0.2) is 77.7 Å². The Hall–Kier alpha value is -3.98. The summed E-state index contributed by atoms with van der Waals surface area (Å²) in [5.41, 5.74) is 1.44. The van der Waals surface area contributed by atoms with Crippen LogP contribution in [0.4, 0.5) is 19.3 Å². The number of anilines is 1. The number of nitrogens with zero attached hydrogens (tertiary/aromatic N) is 1. The molecule has 1 saturated heterocycles. The number of rotatable bonds is 7. The molecular formula is C25H18F2N2O4S. The van der Waals surface area contributed by atoms with Crippen LogP contribution in [-0.4, -0.2) is 28.5 Å². The van der Waals surface area contributed by atoms with Crippen molar-refractivity contribution in [3.8, 4) is 5.75 Å². The Bertz CT molecular complexity index is 1260. The van der Waals surface area contributed by atoms with Crippen molar-refractivity contribution in [2.75, 3.05) is 11.9 Å². The van der Waals surface area contributed by atoms with E-state index < -0.39 is 29.4 Å². The summed E-state index contributed by atoms with van der Waals surface area (Å²) < 4.78 is 32.3. The molecule has 3 aromatic rings. The van der Waals surface area contributed by atoms with Crippen LogP contribution in [0.3, 0.4) is 0 Å². The lowest BCUT2D eigenvalue weighted by atomic mass is 10.2. The molecule has 1 heterocycles. The van der Waals surface area contributed by atoms with Gasteiger partial charge in [0.15, 0.2) is 0 Å². The van der Waals surface area contributed by atoms with Gasteiger partial charge in [-0.1, -0.05) is 30.3 Å². The van der Waals surface area contributed by atoms with E-state index in [1.54, 1.807) is 48.5 Å². The van der Waals surface area contributed by atoms with Crippen LogP contribution >= 0.6 is 11.8 Å². The fourth-order valence-corrected chi connectivity index (χ4v) is 3.94. The molecule has 4 rings (SSSR count). The largest absolute Gasteiger partial charge is 0.489 e. The number of hydrogen-bond donors (Lipinski definition) is 1. The summed E-state index contributed by atoms with van der Waals surface area (Å²) in [7, 11) is 0. The lowest BCUT2D eigenvalue weighted by molar-refractivity contribution is -0.127. The predicted octanol–water partition coefficient (Wildman–Crippen LogP) is 5.22. The second kappa shape index (κ2) is 10.3. The molecule has 0 bridgehead atoms. The maximum atomic E-state index is 13.7. The lowest BCUT2D eigenvalue weighted by Gasteiger charge is -2.12.